The van der Waals surface area contributed by atoms with Crippen molar-refractivity contribution in [1.29, 1.82) is 0 Å². The van der Waals surface area contributed by atoms with Gasteiger partial charge in [0.15, 0.2) is 0 Å². The summed E-state index contributed by atoms with van der Waals surface area (Å²) in [6, 6.07) is 5.11. The van der Waals surface area contributed by atoms with Crippen LogP contribution in [0.25, 0.3) is 0 Å². The number of esters is 1. The summed E-state index contributed by atoms with van der Waals surface area (Å²) in [5.74, 6) is -0.427. The zero-order valence-corrected chi connectivity index (χ0v) is 21.1. The van der Waals surface area contributed by atoms with Gasteiger partial charge in [-0.05, 0) is 45.7 Å². The molecular weight excluding hydrogens is 434 g/mol. The molecule has 0 bridgehead atoms. The molecule has 0 saturated carbocycles. The summed E-state index contributed by atoms with van der Waals surface area (Å²) in [4.78, 5) is 44.1. The molecule has 2 atom stereocenters. The molecule has 0 radical (unpaired) electrons. The Hall–Kier alpha value is -3.07. The third-order valence-corrected chi connectivity index (χ3v) is 6.49. The summed E-state index contributed by atoms with van der Waals surface area (Å²) in [6.07, 6.45) is 0. The Morgan fingerprint density at radius 3 is 2.59 bits per heavy atom. The van der Waals surface area contributed by atoms with Gasteiger partial charge in [-0.2, -0.15) is 0 Å². The molecule has 3 rings (SSSR count). The van der Waals surface area contributed by atoms with Crippen molar-refractivity contribution in [2.75, 3.05) is 46.4 Å². The van der Waals surface area contributed by atoms with Gasteiger partial charge in [-0.1, -0.05) is 23.8 Å². The normalized spacial score (nSPS) is 21.4. The van der Waals surface area contributed by atoms with Crippen LogP contribution in [0.1, 0.15) is 43.5 Å². The Balaban J connectivity index is 1.97. The van der Waals surface area contributed by atoms with Crippen LogP contribution in [0.4, 0.5) is 9.59 Å². The predicted octanol–water partition coefficient (Wildman–Crippen LogP) is 2.55. The van der Waals surface area contributed by atoms with Gasteiger partial charge >= 0.3 is 18.0 Å². The van der Waals surface area contributed by atoms with Crippen molar-refractivity contribution in [1.82, 2.24) is 25.3 Å². The molecule has 0 unspecified atom stereocenters. The zero-order valence-electron chi connectivity index (χ0n) is 21.1. The summed E-state index contributed by atoms with van der Waals surface area (Å²) < 4.78 is 5.45. The average molecular weight is 472 g/mol. The molecule has 2 aliphatic rings. The quantitative estimate of drug-likeness (QED) is 0.622. The van der Waals surface area contributed by atoms with Gasteiger partial charge in [-0.3, -0.25) is 9.80 Å². The van der Waals surface area contributed by atoms with Crippen LogP contribution in [0.5, 0.6) is 0 Å². The number of nitrogens with one attached hydrogen (secondary N) is 2. The number of piperazine rings is 1. The molecule has 0 aliphatic carbocycles. The van der Waals surface area contributed by atoms with E-state index in [1.165, 1.54) is 4.90 Å². The molecule has 9 heteroatoms. The van der Waals surface area contributed by atoms with E-state index in [2.05, 4.69) is 15.5 Å². The van der Waals surface area contributed by atoms with Crippen molar-refractivity contribution >= 4 is 18.0 Å². The number of rotatable bonds is 6. The highest BCUT2D eigenvalue weighted by molar-refractivity contribution is 5.95. The Labute approximate surface area is 202 Å². The van der Waals surface area contributed by atoms with Gasteiger partial charge < -0.3 is 20.3 Å². The number of nitrogens with zero attached hydrogens (tertiary/aromatic N) is 3. The second-order valence-corrected chi connectivity index (χ2v) is 9.00. The highest BCUT2D eigenvalue weighted by Gasteiger charge is 2.39. The lowest BCUT2D eigenvalue weighted by Gasteiger charge is -2.42. The first-order valence-electron chi connectivity index (χ1n) is 12.0. The maximum absolute atomic E-state index is 13.2. The lowest BCUT2D eigenvalue weighted by molar-refractivity contribution is -0.139. The van der Waals surface area contributed by atoms with Gasteiger partial charge in [-0.15, -0.1) is 0 Å². The van der Waals surface area contributed by atoms with Crippen molar-refractivity contribution < 1.29 is 19.1 Å². The fourth-order valence-corrected chi connectivity index (χ4v) is 4.65. The highest BCUT2D eigenvalue weighted by atomic mass is 16.5. The molecule has 1 fully saturated rings. The molecule has 1 aromatic rings. The largest absolute Gasteiger partial charge is 0.463 e. The Bertz CT molecular complexity index is 976. The molecule has 1 saturated heterocycles. The first kappa shape index (κ1) is 25.6. The number of hydrogen-bond acceptors (Lipinski definition) is 5. The van der Waals surface area contributed by atoms with Crippen LogP contribution in [0.3, 0.4) is 0 Å². The highest BCUT2D eigenvalue weighted by Crippen LogP contribution is 2.33. The van der Waals surface area contributed by atoms with E-state index >= 15 is 0 Å². The first-order chi connectivity index (χ1) is 16.2. The van der Waals surface area contributed by atoms with Gasteiger partial charge in [0.05, 0.1) is 18.2 Å². The van der Waals surface area contributed by atoms with Crippen molar-refractivity contribution in [3.05, 3.63) is 46.2 Å². The minimum atomic E-state index is -0.591. The van der Waals surface area contributed by atoms with Crippen molar-refractivity contribution in [3.8, 4) is 0 Å². The number of aryl methyl sites for hydroxylation is 2. The molecule has 0 aromatic heterocycles. The third-order valence-electron chi connectivity index (χ3n) is 6.49. The van der Waals surface area contributed by atoms with Gasteiger partial charge in [0.2, 0.25) is 0 Å². The fraction of sp³-hybridized carbons (Fsp3) is 0.560. The summed E-state index contributed by atoms with van der Waals surface area (Å²) in [6.45, 7) is 12.8. The van der Waals surface area contributed by atoms with Crippen LogP contribution in [0.15, 0.2) is 29.5 Å². The topological polar surface area (TPSA) is 94.2 Å². The van der Waals surface area contributed by atoms with Gasteiger partial charge in [0.1, 0.15) is 0 Å². The summed E-state index contributed by atoms with van der Waals surface area (Å²) in [7, 11) is 1.68. The van der Waals surface area contributed by atoms with Crippen LogP contribution < -0.4 is 10.6 Å². The summed E-state index contributed by atoms with van der Waals surface area (Å²) in [5.41, 5.74) is 4.01. The van der Waals surface area contributed by atoms with E-state index in [1.54, 1.807) is 14.0 Å². The number of likely N-dealkylation sites (N-methyl/N-ethyl adjacent to an activating group) is 1. The van der Waals surface area contributed by atoms with Crippen LogP contribution in [-0.4, -0.2) is 85.2 Å². The maximum Gasteiger partial charge on any atom is 0.338 e. The Morgan fingerprint density at radius 1 is 1.21 bits per heavy atom. The molecule has 1 aromatic carbocycles. The van der Waals surface area contributed by atoms with Gasteiger partial charge in [0, 0.05) is 51.5 Å². The number of carbonyl (C=O) groups is 3. The van der Waals surface area contributed by atoms with E-state index in [4.69, 9.17) is 4.74 Å². The van der Waals surface area contributed by atoms with Crippen LogP contribution in [0, 0.1) is 13.8 Å². The SMILES string of the molecule is CCNC(=O)N1CCN(CC2=C(C(=O)OCC)[C@H](c3cc(C)ccc3C)NC(=O)N2C)C[C@@H]1C. The number of benzene rings is 1. The van der Waals surface area contributed by atoms with Gasteiger partial charge in [-0.25, -0.2) is 14.4 Å². The van der Waals surface area contributed by atoms with Crippen LogP contribution in [0.2, 0.25) is 0 Å². The molecule has 34 heavy (non-hydrogen) atoms. The average Bonchev–Trinajstić information content (AvgIpc) is 2.78. The maximum atomic E-state index is 13.2. The molecular formula is C25H37N5O4. The first-order valence-corrected chi connectivity index (χ1v) is 12.0. The molecule has 4 amide bonds. The van der Waals surface area contributed by atoms with Crippen molar-refractivity contribution in [3.63, 3.8) is 0 Å². The monoisotopic (exact) mass is 471 g/mol. The molecule has 0 spiro atoms. The summed E-state index contributed by atoms with van der Waals surface area (Å²) in [5, 5.41) is 5.86. The van der Waals surface area contributed by atoms with E-state index in [0.29, 0.717) is 44.0 Å². The van der Waals surface area contributed by atoms with Gasteiger partial charge in [0.25, 0.3) is 0 Å². The third kappa shape index (κ3) is 5.35. The predicted molar refractivity (Wildman–Crippen MR) is 130 cm³/mol. The molecule has 186 valence electrons. The van der Waals surface area contributed by atoms with E-state index < -0.39 is 12.0 Å². The Kier molecular flexibility index (Phi) is 8.19. The lowest BCUT2D eigenvalue weighted by Crippen LogP contribution is -2.57. The number of ether oxygens (including phenoxy) is 1. The molecule has 9 nitrogen and oxygen atoms in total. The minimum Gasteiger partial charge on any atom is -0.463 e. The molecule has 2 aliphatic heterocycles. The van der Waals surface area contributed by atoms with E-state index in [-0.39, 0.29) is 24.7 Å². The Morgan fingerprint density at radius 2 is 1.94 bits per heavy atom. The van der Waals surface area contributed by atoms with E-state index in [0.717, 1.165) is 16.7 Å². The number of carbonyl (C=O) groups excluding carboxylic acids is 3. The number of amides is 4. The van der Waals surface area contributed by atoms with Crippen LogP contribution in [-0.2, 0) is 9.53 Å². The smallest absolute Gasteiger partial charge is 0.338 e. The van der Waals surface area contributed by atoms with E-state index in [1.807, 2.05) is 50.8 Å². The second-order valence-electron chi connectivity index (χ2n) is 9.00. The van der Waals surface area contributed by atoms with Crippen molar-refractivity contribution in [2.24, 2.45) is 0 Å². The standard InChI is InChI=1S/C25H37N5O4/c1-7-26-24(32)30-12-11-29(14-18(30)5)15-20-21(23(31)34-8-2)22(27-25(33)28(20)6)19-13-16(3)9-10-17(19)4/h9-10,13,18,22H,7-8,11-12,14-15H2,1-6H3,(H,26,32)(H,27,33)/t18-,22-/m0/s1. The van der Waals surface area contributed by atoms with E-state index in [9.17, 15) is 14.4 Å². The van der Waals surface area contributed by atoms with Crippen LogP contribution >= 0.6 is 0 Å². The number of hydrogen-bond donors (Lipinski definition) is 2. The molecule has 2 N–H and O–H groups in total. The fourth-order valence-electron chi connectivity index (χ4n) is 4.65. The minimum absolute atomic E-state index is 0.00415. The second kappa shape index (κ2) is 10.9. The molecule has 2 heterocycles. The summed E-state index contributed by atoms with van der Waals surface area (Å²) >= 11 is 0. The lowest BCUT2D eigenvalue weighted by atomic mass is 9.90. The number of urea groups is 2. The van der Waals surface area contributed by atoms with Crippen molar-refractivity contribution in [2.45, 2.75) is 46.7 Å². The zero-order chi connectivity index (χ0) is 25.0.